The van der Waals surface area contributed by atoms with Gasteiger partial charge in [0.15, 0.2) is 11.6 Å². The molecule has 23 heteroatoms. The summed E-state index contributed by atoms with van der Waals surface area (Å²) in [6, 6.07) is 9.80. The number of esters is 1. The molecule has 3 aromatic rings. The van der Waals surface area contributed by atoms with Crippen LogP contribution in [0, 0.1) is 29.2 Å². The molecule has 2 aliphatic rings. The van der Waals surface area contributed by atoms with E-state index in [-0.39, 0.29) is 48.8 Å². The fourth-order valence-corrected chi connectivity index (χ4v) is 9.15. The summed E-state index contributed by atoms with van der Waals surface area (Å²) in [5, 5.41) is 4.61. The van der Waals surface area contributed by atoms with Gasteiger partial charge < -0.3 is 30.7 Å². The van der Waals surface area contributed by atoms with Crippen molar-refractivity contribution in [3.63, 3.8) is 0 Å². The van der Waals surface area contributed by atoms with E-state index in [0.717, 1.165) is 12.8 Å². The van der Waals surface area contributed by atoms with Crippen LogP contribution >= 0.6 is 0 Å². The lowest BCUT2D eigenvalue weighted by molar-refractivity contribution is -0.136. The number of nitrogens with zero attached hydrogens (tertiary/aromatic N) is 3. The van der Waals surface area contributed by atoms with Crippen LogP contribution in [-0.4, -0.2) is 118 Å². The Morgan fingerprint density at radius 3 is 2.22 bits per heavy atom. The molecule has 0 bridgehead atoms. The van der Waals surface area contributed by atoms with Crippen LogP contribution in [0.5, 0.6) is 5.75 Å². The lowest BCUT2D eigenvalue weighted by atomic mass is 10.0. The summed E-state index contributed by atoms with van der Waals surface area (Å²) < 4.78 is 125. The van der Waals surface area contributed by atoms with Crippen molar-refractivity contribution in [1.82, 2.24) is 19.8 Å². The number of amidine groups is 1. The Bertz CT molecular complexity index is 2560. The van der Waals surface area contributed by atoms with E-state index in [1.807, 2.05) is 13.8 Å². The number of nitrogens with one attached hydrogen (secondary N) is 2. The van der Waals surface area contributed by atoms with Crippen molar-refractivity contribution in [3.8, 4) is 16.9 Å². The summed E-state index contributed by atoms with van der Waals surface area (Å²) in [5.41, 5.74) is 9.21. The number of hydrogen-bond donors (Lipinski definition) is 4. The second-order valence-corrected chi connectivity index (χ2v) is 18.7. The zero-order valence-corrected chi connectivity index (χ0v) is 37.0. The molecule has 1 atom stereocenters. The Hall–Kier alpha value is -5.75. The van der Waals surface area contributed by atoms with Gasteiger partial charge in [-0.1, -0.05) is 38.1 Å². The van der Waals surface area contributed by atoms with Crippen LogP contribution in [0.3, 0.4) is 0 Å². The number of ether oxygens (including phenoxy) is 2. The molecule has 5 N–H and O–H groups in total. The maximum absolute atomic E-state index is 13.7. The average molecular weight is 953 g/mol. The van der Waals surface area contributed by atoms with Gasteiger partial charge in [0.1, 0.15) is 17.6 Å². The minimum Gasteiger partial charge on any atom is -0.420 e. The van der Waals surface area contributed by atoms with Crippen molar-refractivity contribution < 1.29 is 67.6 Å². The Balaban J connectivity index is 1.12. The molecule has 0 spiro atoms. The van der Waals surface area contributed by atoms with Crippen LogP contribution in [0.1, 0.15) is 51.5 Å². The third-order valence-corrected chi connectivity index (χ3v) is 12.7. The number of carbonyl (C=O) groups is 4. The Kier molecular flexibility index (Phi) is 17.0. The van der Waals surface area contributed by atoms with E-state index in [2.05, 4.69) is 20.4 Å². The second kappa shape index (κ2) is 22.0. The molecule has 0 unspecified atom stereocenters. The largest absolute Gasteiger partial charge is 0.420 e. The van der Waals surface area contributed by atoms with Crippen LogP contribution in [0.15, 0.2) is 64.0 Å². The summed E-state index contributed by atoms with van der Waals surface area (Å²) in [5.74, 6) is -13.7. The molecule has 3 aromatic carbocycles. The molecule has 1 fully saturated rings. The number of halogens is 4. The fraction of sp³-hybridized carbons (Fsp3) is 0.405. The smallest absolute Gasteiger partial charge is 0.313 e. The van der Waals surface area contributed by atoms with Gasteiger partial charge in [0.05, 0.1) is 30.2 Å². The molecule has 0 saturated carbocycles. The molecule has 2 aliphatic heterocycles. The first kappa shape index (κ1) is 50.3. The minimum atomic E-state index is -4.80. The van der Waals surface area contributed by atoms with Gasteiger partial charge in [0.2, 0.25) is 45.1 Å². The van der Waals surface area contributed by atoms with Gasteiger partial charge >= 0.3 is 5.97 Å². The topological polar surface area (TPSA) is 244 Å². The molecule has 17 nitrogen and oxygen atoms in total. The average Bonchev–Trinajstić information content (AvgIpc) is 3.40. The van der Waals surface area contributed by atoms with Gasteiger partial charge in [0.25, 0.3) is 10.1 Å². The maximum atomic E-state index is 13.7. The van der Waals surface area contributed by atoms with Crippen LogP contribution in [-0.2, 0) is 44.1 Å². The van der Waals surface area contributed by atoms with Gasteiger partial charge in [-0.2, -0.15) is 21.5 Å². The number of amides is 3. The standard InChI is InChI=1S/C42H48F4N6O11S2/c1-3-12-51(13-4-2)42(56)29-16-28-9-8-27(18-33(28)49-35(47)19-29)26-6-5-7-30(17-26)65(60,61)52-22-25(23-52)21-48-41(55)34(24-64(57,58)59)50-36(53)10-14-62-15-11-37(54)63-40-38(45)31(43)20-32(44)39(40)46/h5-9,16-18,20,25,34H,3-4,10-15,19,21-24H2,1-2H3,(H2,47,49)(H,48,55)(H,50,53)(H,57,58,59)/t34-/m0/s1. The summed E-state index contributed by atoms with van der Waals surface area (Å²) >= 11 is 0. The molecule has 3 amide bonds. The van der Waals surface area contributed by atoms with Crippen LogP contribution in [0.2, 0.25) is 0 Å². The van der Waals surface area contributed by atoms with Crippen LogP contribution in [0.4, 0.5) is 23.2 Å². The fourth-order valence-electron chi connectivity index (χ4n) is 6.85. The lowest BCUT2D eigenvalue weighted by Crippen LogP contribution is -2.56. The number of nitrogens with two attached hydrogens (primary N) is 1. The van der Waals surface area contributed by atoms with Gasteiger partial charge in [-0.05, 0) is 48.2 Å². The van der Waals surface area contributed by atoms with Gasteiger partial charge in [0, 0.05) is 68.7 Å². The molecule has 352 valence electrons. The van der Waals surface area contributed by atoms with E-state index in [1.165, 1.54) is 16.4 Å². The summed E-state index contributed by atoms with van der Waals surface area (Å²) in [6.45, 7) is 4.21. The molecular formula is C42H48F4N6O11S2. The Labute approximate surface area is 372 Å². The Morgan fingerprint density at radius 1 is 0.923 bits per heavy atom. The van der Waals surface area contributed by atoms with E-state index in [9.17, 15) is 58.1 Å². The van der Waals surface area contributed by atoms with E-state index in [4.69, 9.17) is 10.5 Å². The molecule has 2 heterocycles. The number of hydrogen-bond acceptors (Lipinski definition) is 12. The van der Waals surface area contributed by atoms with E-state index >= 15 is 0 Å². The quantitative estimate of drug-likeness (QED) is 0.0297. The first-order valence-corrected chi connectivity index (χ1v) is 23.5. The predicted octanol–water partition coefficient (Wildman–Crippen LogP) is 3.85. The third-order valence-electron chi connectivity index (χ3n) is 10.1. The predicted molar refractivity (Wildman–Crippen MR) is 228 cm³/mol. The highest BCUT2D eigenvalue weighted by atomic mass is 32.2. The number of benzene rings is 3. The molecule has 65 heavy (non-hydrogen) atoms. The molecule has 5 rings (SSSR count). The van der Waals surface area contributed by atoms with Crippen molar-refractivity contribution in [1.29, 1.82) is 0 Å². The summed E-state index contributed by atoms with van der Waals surface area (Å²) in [6.07, 6.45) is 2.42. The van der Waals surface area contributed by atoms with Crippen molar-refractivity contribution >= 4 is 61.4 Å². The van der Waals surface area contributed by atoms with Crippen molar-refractivity contribution in [2.45, 2.75) is 56.9 Å². The van der Waals surface area contributed by atoms with Crippen LogP contribution < -0.4 is 21.1 Å². The van der Waals surface area contributed by atoms with Crippen molar-refractivity contribution in [3.05, 3.63) is 82.9 Å². The molecule has 1 saturated heterocycles. The number of sulfonamides is 1. The number of fused-ring (bicyclic) bond motifs is 1. The zero-order valence-electron chi connectivity index (χ0n) is 35.3. The number of aliphatic imine (C=N–C) groups is 1. The SMILES string of the molecule is CCCN(CCC)C(=O)C1=Cc2ccc(-c3cccc(S(=O)(=O)N4CC(CNC(=O)[C@H](CS(=O)(=O)O)NC(=O)CCOCCC(=O)Oc5c(F)c(F)cc(F)c5F)C4)c3)cc2N=C(N)C1. The monoisotopic (exact) mass is 952 g/mol. The molecule has 0 aliphatic carbocycles. The van der Waals surface area contributed by atoms with E-state index in [0.29, 0.717) is 41.0 Å². The first-order valence-electron chi connectivity index (χ1n) is 20.4. The number of rotatable bonds is 21. The first-order chi connectivity index (χ1) is 30.7. The highest BCUT2D eigenvalue weighted by Gasteiger charge is 2.38. The maximum Gasteiger partial charge on any atom is 0.313 e. The highest BCUT2D eigenvalue weighted by Crippen LogP contribution is 2.34. The Morgan fingerprint density at radius 2 is 1.57 bits per heavy atom. The normalized spacial score (nSPS) is 14.8. The number of carbonyl (C=O) groups excluding carboxylic acids is 4. The third kappa shape index (κ3) is 13.4. The molecular weight excluding hydrogens is 905 g/mol. The second-order valence-electron chi connectivity index (χ2n) is 15.2. The van der Waals surface area contributed by atoms with Crippen LogP contribution in [0.25, 0.3) is 17.2 Å². The van der Waals surface area contributed by atoms with E-state index in [1.54, 1.807) is 41.3 Å². The summed E-state index contributed by atoms with van der Waals surface area (Å²) in [4.78, 5) is 57.1. The summed E-state index contributed by atoms with van der Waals surface area (Å²) in [7, 11) is -8.81. The van der Waals surface area contributed by atoms with Crippen molar-refractivity contribution in [2.24, 2.45) is 16.6 Å². The minimum absolute atomic E-state index is 0.00124. The van der Waals surface area contributed by atoms with E-state index < -0.39 is 111 Å². The van der Waals surface area contributed by atoms with Crippen molar-refractivity contribution in [2.75, 3.05) is 51.7 Å². The highest BCUT2D eigenvalue weighted by molar-refractivity contribution is 7.89. The van der Waals surface area contributed by atoms with Gasteiger partial charge in [-0.25, -0.2) is 22.2 Å². The molecule has 0 aromatic heterocycles. The zero-order chi connectivity index (χ0) is 47.6. The van der Waals surface area contributed by atoms with Gasteiger partial charge in [-0.15, -0.1) is 0 Å². The molecule has 0 radical (unpaired) electrons. The lowest BCUT2D eigenvalue weighted by Gasteiger charge is -2.38. The van der Waals surface area contributed by atoms with Gasteiger partial charge in [-0.3, -0.25) is 23.7 Å².